The van der Waals surface area contributed by atoms with Crippen LogP contribution in [0.4, 0.5) is 0 Å². The molecule has 0 saturated carbocycles. The number of rotatable bonds is 8. The average molecular weight is 400 g/mol. The molecule has 29 heavy (non-hydrogen) atoms. The molecule has 0 fully saturated rings. The molecule has 1 heterocycles. The monoisotopic (exact) mass is 400 g/mol. The van der Waals surface area contributed by atoms with Crippen LogP contribution in [0.5, 0.6) is 23.0 Å². The molecule has 0 atom stereocenters. The van der Waals surface area contributed by atoms with Crippen molar-refractivity contribution in [3.63, 3.8) is 0 Å². The zero-order valence-corrected chi connectivity index (χ0v) is 17.4. The maximum absolute atomic E-state index is 12.5. The van der Waals surface area contributed by atoms with Gasteiger partial charge in [-0.3, -0.25) is 9.69 Å². The number of benzene rings is 2. The Morgan fingerprint density at radius 1 is 0.931 bits per heavy atom. The Kier molecular flexibility index (Phi) is 6.82. The summed E-state index contributed by atoms with van der Waals surface area (Å²) in [6, 6.07) is 9.72. The number of nitrogens with zero attached hydrogens (tertiary/aromatic N) is 1. The summed E-state index contributed by atoms with van der Waals surface area (Å²) in [6.07, 6.45) is 0.927. The number of amides is 1. The Balaban J connectivity index is 1.60. The molecule has 1 N–H and O–H groups in total. The zero-order chi connectivity index (χ0) is 20.8. The SMILES string of the molecule is COc1ccc2c(c1)CN(CC(=O)NCc1cc(OC)c(OC)cc1OC)CC2. The third kappa shape index (κ3) is 4.92. The van der Waals surface area contributed by atoms with Crippen molar-refractivity contribution in [2.45, 2.75) is 19.5 Å². The minimum Gasteiger partial charge on any atom is -0.497 e. The molecule has 7 nitrogen and oxygen atoms in total. The maximum atomic E-state index is 12.5. The van der Waals surface area contributed by atoms with Crippen molar-refractivity contribution < 1.29 is 23.7 Å². The highest BCUT2D eigenvalue weighted by Gasteiger charge is 2.19. The van der Waals surface area contributed by atoms with Crippen LogP contribution in [0, 0.1) is 0 Å². The molecule has 2 aromatic carbocycles. The Morgan fingerprint density at radius 2 is 1.66 bits per heavy atom. The summed E-state index contributed by atoms with van der Waals surface area (Å²) in [5, 5.41) is 2.97. The molecule has 156 valence electrons. The van der Waals surface area contributed by atoms with Gasteiger partial charge in [-0.2, -0.15) is 0 Å². The molecule has 0 aliphatic carbocycles. The Bertz CT molecular complexity index is 869. The van der Waals surface area contributed by atoms with Crippen LogP contribution in [-0.2, 0) is 24.3 Å². The number of nitrogens with one attached hydrogen (secondary N) is 1. The molecule has 7 heteroatoms. The van der Waals surface area contributed by atoms with Gasteiger partial charge in [0.05, 0.1) is 35.0 Å². The standard InChI is InChI=1S/C22H28N2O5/c1-26-18-6-5-15-7-8-24(13-17(15)9-18)14-22(25)23-12-16-10-20(28-3)21(29-4)11-19(16)27-2/h5-6,9-11H,7-8,12-14H2,1-4H3,(H,23,25). The molecule has 3 rings (SSSR count). The first-order chi connectivity index (χ1) is 14.1. The number of hydrogen-bond acceptors (Lipinski definition) is 6. The largest absolute Gasteiger partial charge is 0.497 e. The highest BCUT2D eigenvalue weighted by Crippen LogP contribution is 2.34. The molecule has 0 unspecified atom stereocenters. The van der Waals surface area contributed by atoms with Crippen LogP contribution < -0.4 is 24.3 Å². The van der Waals surface area contributed by atoms with Gasteiger partial charge in [0.2, 0.25) is 5.91 Å². The highest BCUT2D eigenvalue weighted by molar-refractivity contribution is 5.78. The fraction of sp³-hybridized carbons (Fsp3) is 0.409. The van der Waals surface area contributed by atoms with Crippen molar-refractivity contribution in [2.75, 3.05) is 41.5 Å². The van der Waals surface area contributed by atoms with Crippen LogP contribution in [0.3, 0.4) is 0 Å². The Labute approximate surface area is 171 Å². The van der Waals surface area contributed by atoms with Gasteiger partial charge < -0.3 is 24.3 Å². The van der Waals surface area contributed by atoms with E-state index in [4.69, 9.17) is 18.9 Å². The predicted octanol–water partition coefficient (Wildman–Crippen LogP) is 2.40. The van der Waals surface area contributed by atoms with E-state index in [2.05, 4.69) is 16.3 Å². The van der Waals surface area contributed by atoms with Crippen molar-refractivity contribution in [3.8, 4) is 23.0 Å². The van der Waals surface area contributed by atoms with E-state index < -0.39 is 0 Å². The normalized spacial score (nSPS) is 13.4. The zero-order valence-electron chi connectivity index (χ0n) is 17.4. The van der Waals surface area contributed by atoms with Crippen molar-refractivity contribution in [2.24, 2.45) is 0 Å². The summed E-state index contributed by atoms with van der Waals surface area (Å²) >= 11 is 0. The van der Waals surface area contributed by atoms with Crippen molar-refractivity contribution >= 4 is 5.91 Å². The first-order valence-electron chi connectivity index (χ1n) is 9.51. The van der Waals surface area contributed by atoms with Crippen molar-refractivity contribution in [3.05, 3.63) is 47.0 Å². The van der Waals surface area contributed by atoms with Crippen LogP contribution in [0.1, 0.15) is 16.7 Å². The Hall–Kier alpha value is -2.93. The summed E-state index contributed by atoms with van der Waals surface area (Å²) < 4.78 is 21.4. The van der Waals surface area contributed by atoms with E-state index in [-0.39, 0.29) is 5.91 Å². The quantitative estimate of drug-likeness (QED) is 0.734. The summed E-state index contributed by atoms with van der Waals surface area (Å²) in [5.74, 6) is 2.63. The van der Waals surface area contributed by atoms with Gasteiger partial charge in [-0.25, -0.2) is 0 Å². The average Bonchev–Trinajstić information content (AvgIpc) is 2.76. The number of methoxy groups -OCH3 is 4. The van der Waals surface area contributed by atoms with Gasteiger partial charge in [-0.15, -0.1) is 0 Å². The fourth-order valence-electron chi connectivity index (χ4n) is 3.54. The number of carbonyl (C=O) groups is 1. The van der Waals surface area contributed by atoms with Crippen molar-refractivity contribution in [1.29, 1.82) is 0 Å². The fourth-order valence-corrected chi connectivity index (χ4v) is 3.54. The van der Waals surface area contributed by atoms with E-state index >= 15 is 0 Å². The second kappa shape index (κ2) is 9.52. The highest BCUT2D eigenvalue weighted by atomic mass is 16.5. The van der Waals surface area contributed by atoms with E-state index in [0.717, 1.165) is 30.8 Å². The molecular weight excluding hydrogens is 372 g/mol. The van der Waals surface area contributed by atoms with Gasteiger partial charge in [0.1, 0.15) is 11.5 Å². The van der Waals surface area contributed by atoms with Gasteiger partial charge in [-0.1, -0.05) is 6.07 Å². The number of carbonyl (C=O) groups excluding carboxylic acids is 1. The summed E-state index contributed by atoms with van der Waals surface area (Å²) in [6.45, 7) is 2.28. The predicted molar refractivity (Wildman–Crippen MR) is 110 cm³/mol. The van der Waals surface area contributed by atoms with Gasteiger partial charge in [0.15, 0.2) is 11.5 Å². The minimum absolute atomic E-state index is 0.0341. The van der Waals surface area contributed by atoms with Crippen LogP contribution in [-0.4, -0.2) is 52.3 Å². The minimum atomic E-state index is -0.0341. The number of hydrogen-bond donors (Lipinski definition) is 1. The van der Waals surface area contributed by atoms with Gasteiger partial charge in [0, 0.05) is 31.3 Å². The molecule has 0 radical (unpaired) electrons. The second-order valence-electron chi connectivity index (χ2n) is 6.89. The van der Waals surface area contributed by atoms with Gasteiger partial charge >= 0.3 is 0 Å². The van der Waals surface area contributed by atoms with Gasteiger partial charge in [0.25, 0.3) is 0 Å². The van der Waals surface area contributed by atoms with Crippen LogP contribution >= 0.6 is 0 Å². The summed E-state index contributed by atoms with van der Waals surface area (Å²) in [7, 11) is 6.41. The molecule has 0 aromatic heterocycles. The van der Waals surface area contributed by atoms with E-state index in [1.165, 1.54) is 11.1 Å². The lowest BCUT2D eigenvalue weighted by Crippen LogP contribution is -2.39. The first kappa shape index (κ1) is 20.8. The van der Waals surface area contributed by atoms with E-state index in [0.29, 0.717) is 30.3 Å². The van der Waals surface area contributed by atoms with Crippen molar-refractivity contribution in [1.82, 2.24) is 10.2 Å². The Morgan fingerprint density at radius 3 is 2.34 bits per heavy atom. The second-order valence-corrected chi connectivity index (χ2v) is 6.89. The first-order valence-corrected chi connectivity index (χ1v) is 9.51. The lowest BCUT2D eigenvalue weighted by atomic mass is 9.99. The van der Waals surface area contributed by atoms with E-state index in [1.807, 2.05) is 18.2 Å². The summed E-state index contributed by atoms with van der Waals surface area (Å²) in [5.41, 5.74) is 3.36. The molecule has 1 amide bonds. The molecule has 1 aliphatic rings. The van der Waals surface area contributed by atoms with Gasteiger partial charge in [-0.05, 0) is 35.7 Å². The molecule has 0 bridgehead atoms. The lowest BCUT2D eigenvalue weighted by Gasteiger charge is -2.28. The smallest absolute Gasteiger partial charge is 0.234 e. The molecule has 1 aliphatic heterocycles. The van der Waals surface area contributed by atoms with E-state index in [1.54, 1.807) is 34.5 Å². The van der Waals surface area contributed by atoms with Crippen LogP contribution in [0.15, 0.2) is 30.3 Å². The third-order valence-electron chi connectivity index (χ3n) is 5.13. The third-order valence-corrected chi connectivity index (χ3v) is 5.13. The lowest BCUT2D eigenvalue weighted by molar-refractivity contribution is -0.122. The van der Waals surface area contributed by atoms with Crippen LogP contribution in [0.25, 0.3) is 0 Å². The molecule has 0 saturated heterocycles. The van der Waals surface area contributed by atoms with E-state index in [9.17, 15) is 4.79 Å². The number of fused-ring (bicyclic) bond motifs is 1. The topological polar surface area (TPSA) is 69.3 Å². The van der Waals surface area contributed by atoms with Crippen LogP contribution in [0.2, 0.25) is 0 Å². The molecular formula is C22H28N2O5. The maximum Gasteiger partial charge on any atom is 0.234 e. The number of ether oxygens (including phenoxy) is 4. The molecule has 0 spiro atoms. The summed E-state index contributed by atoms with van der Waals surface area (Å²) in [4.78, 5) is 14.7. The molecule has 2 aromatic rings.